The lowest BCUT2D eigenvalue weighted by atomic mass is 10.3. The Labute approximate surface area is 93.2 Å². The summed E-state index contributed by atoms with van der Waals surface area (Å²) in [6, 6.07) is 2.56. The molecular weight excluding hydrogens is 248 g/mol. The van der Waals surface area contributed by atoms with Crippen LogP contribution in [0, 0.1) is 5.82 Å². The first-order valence-corrected chi connectivity index (χ1v) is 4.30. The molecule has 0 heterocycles. The number of alkyl halides is 3. The molecule has 16 heavy (non-hydrogen) atoms. The highest BCUT2D eigenvalue weighted by Crippen LogP contribution is 2.26. The van der Waals surface area contributed by atoms with Crippen molar-refractivity contribution in [1.29, 1.82) is 0 Å². The molecule has 88 valence electrons. The molecule has 0 atom stereocenters. The zero-order valence-electron chi connectivity index (χ0n) is 7.64. The van der Waals surface area contributed by atoms with Gasteiger partial charge in [-0.25, -0.2) is 4.39 Å². The van der Waals surface area contributed by atoms with E-state index in [0.717, 1.165) is 12.1 Å². The van der Waals surface area contributed by atoms with Crippen LogP contribution in [0.4, 0.5) is 23.2 Å². The molecule has 0 bridgehead atoms. The summed E-state index contributed by atoms with van der Waals surface area (Å²) >= 11 is 4.45. The van der Waals surface area contributed by atoms with Crippen molar-refractivity contribution in [2.75, 3.05) is 5.32 Å². The predicted molar refractivity (Wildman–Crippen MR) is 53.5 cm³/mol. The van der Waals surface area contributed by atoms with Crippen molar-refractivity contribution in [3.63, 3.8) is 0 Å². The molecule has 3 nitrogen and oxygen atoms in total. The van der Waals surface area contributed by atoms with Crippen LogP contribution in [0.1, 0.15) is 0 Å². The van der Waals surface area contributed by atoms with Crippen LogP contribution in [0.15, 0.2) is 18.2 Å². The fraction of sp³-hybridized carbons (Fsp3) is 0.125. The maximum atomic E-state index is 13.2. The van der Waals surface area contributed by atoms with Crippen LogP contribution >= 0.6 is 12.2 Å². The molecule has 1 aromatic rings. The number of halogens is 4. The first-order chi connectivity index (χ1) is 7.28. The van der Waals surface area contributed by atoms with Gasteiger partial charge in [-0.2, -0.15) is 0 Å². The van der Waals surface area contributed by atoms with E-state index in [4.69, 9.17) is 5.73 Å². The molecule has 0 aliphatic rings. The molecule has 1 rings (SSSR count). The van der Waals surface area contributed by atoms with E-state index in [-0.39, 0.29) is 10.8 Å². The van der Waals surface area contributed by atoms with Gasteiger partial charge in [0.05, 0.1) is 5.69 Å². The van der Waals surface area contributed by atoms with E-state index in [0.29, 0.717) is 6.07 Å². The molecular formula is C8H6F4N2OS. The van der Waals surface area contributed by atoms with Crippen molar-refractivity contribution < 1.29 is 22.3 Å². The zero-order valence-corrected chi connectivity index (χ0v) is 8.45. The second kappa shape index (κ2) is 4.52. The Morgan fingerprint density at radius 2 is 2.00 bits per heavy atom. The summed E-state index contributed by atoms with van der Waals surface area (Å²) in [5.41, 5.74) is 4.95. The summed E-state index contributed by atoms with van der Waals surface area (Å²) in [5, 5.41) is 2.07. The second-order valence-corrected chi connectivity index (χ2v) is 3.12. The Morgan fingerprint density at radius 1 is 1.38 bits per heavy atom. The summed E-state index contributed by atoms with van der Waals surface area (Å²) in [6.07, 6.45) is -4.86. The van der Waals surface area contributed by atoms with Crippen LogP contribution in [0.2, 0.25) is 0 Å². The molecule has 0 unspecified atom stereocenters. The SMILES string of the molecule is NC(=S)Nc1ccc(OC(F)(F)F)cc1F. The van der Waals surface area contributed by atoms with Gasteiger partial charge in [0.25, 0.3) is 0 Å². The van der Waals surface area contributed by atoms with Crippen LogP contribution in [0.25, 0.3) is 0 Å². The van der Waals surface area contributed by atoms with E-state index < -0.39 is 17.9 Å². The molecule has 0 saturated carbocycles. The van der Waals surface area contributed by atoms with E-state index in [1.165, 1.54) is 0 Å². The van der Waals surface area contributed by atoms with Crippen molar-refractivity contribution in [3.8, 4) is 5.75 Å². The summed E-state index contributed by atoms with van der Waals surface area (Å²) in [4.78, 5) is 0. The highest BCUT2D eigenvalue weighted by atomic mass is 32.1. The average Bonchev–Trinajstić information content (AvgIpc) is 2.06. The highest BCUT2D eigenvalue weighted by molar-refractivity contribution is 7.80. The number of benzene rings is 1. The van der Waals surface area contributed by atoms with Crippen molar-refractivity contribution in [2.24, 2.45) is 5.73 Å². The standard InChI is InChI=1S/C8H6F4N2OS/c9-5-3-4(15-8(10,11)12)1-2-6(5)14-7(13)16/h1-3H,(H3,13,14,16). The lowest BCUT2D eigenvalue weighted by Gasteiger charge is -2.10. The number of anilines is 1. The lowest BCUT2D eigenvalue weighted by molar-refractivity contribution is -0.274. The van der Waals surface area contributed by atoms with Crippen molar-refractivity contribution >= 4 is 23.0 Å². The Balaban J connectivity index is 2.87. The maximum Gasteiger partial charge on any atom is 0.573 e. The fourth-order valence-electron chi connectivity index (χ4n) is 0.927. The molecule has 0 amide bonds. The minimum Gasteiger partial charge on any atom is -0.406 e. The molecule has 0 aliphatic heterocycles. The number of ether oxygens (including phenoxy) is 1. The third-order valence-corrected chi connectivity index (χ3v) is 1.53. The lowest BCUT2D eigenvalue weighted by Crippen LogP contribution is -2.20. The van der Waals surface area contributed by atoms with Gasteiger partial charge in [-0.3, -0.25) is 0 Å². The third-order valence-electron chi connectivity index (χ3n) is 1.43. The molecule has 0 fully saturated rings. The van der Waals surface area contributed by atoms with Crippen LogP contribution in [0.5, 0.6) is 5.75 Å². The molecule has 0 aromatic heterocycles. The Morgan fingerprint density at radius 3 is 2.44 bits per heavy atom. The minimum absolute atomic E-state index is 0.123. The first kappa shape index (κ1) is 12.5. The Hall–Kier alpha value is -1.57. The highest BCUT2D eigenvalue weighted by Gasteiger charge is 2.31. The van der Waals surface area contributed by atoms with Gasteiger partial charge < -0.3 is 15.8 Å². The van der Waals surface area contributed by atoms with E-state index in [2.05, 4.69) is 22.3 Å². The summed E-state index contributed by atoms with van der Waals surface area (Å²) in [6.45, 7) is 0. The topological polar surface area (TPSA) is 47.3 Å². The Bertz CT molecular complexity index is 408. The minimum atomic E-state index is -4.86. The largest absolute Gasteiger partial charge is 0.573 e. The van der Waals surface area contributed by atoms with Gasteiger partial charge in [0.2, 0.25) is 0 Å². The van der Waals surface area contributed by atoms with Crippen molar-refractivity contribution in [3.05, 3.63) is 24.0 Å². The van der Waals surface area contributed by atoms with E-state index in [1.807, 2.05) is 0 Å². The number of hydrogen-bond donors (Lipinski definition) is 2. The fourth-order valence-corrected chi connectivity index (χ4v) is 1.04. The summed E-state index contributed by atoms with van der Waals surface area (Å²) < 4.78 is 52.0. The maximum absolute atomic E-state index is 13.2. The van der Waals surface area contributed by atoms with Gasteiger partial charge in [-0.15, -0.1) is 13.2 Å². The van der Waals surface area contributed by atoms with Crippen molar-refractivity contribution in [2.45, 2.75) is 6.36 Å². The molecule has 3 N–H and O–H groups in total. The predicted octanol–water partition coefficient (Wildman–Crippen LogP) is 2.38. The third kappa shape index (κ3) is 3.89. The number of thiocarbonyl (C=S) groups is 1. The molecule has 8 heteroatoms. The van der Waals surface area contributed by atoms with Crippen LogP contribution in [-0.2, 0) is 0 Å². The smallest absolute Gasteiger partial charge is 0.406 e. The molecule has 0 spiro atoms. The van der Waals surface area contributed by atoms with Gasteiger partial charge in [-0.1, -0.05) is 0 Å². The number of nitrogens with one attached hydrogen (secondary N) is 1. The van der Waals surface area contributed by atoms with Gasteiger partial charge in [-0.05, 0) is 24.4 Å². The molecule has 1 aromatic carbocycles. The number of rotatable bonds is 2. The number of hydrogen-bond acceptors (Lipinski definition) is 2. The van der Waals surface area contributed by atoms with E-state index in [9.17, 15) is 17.6 Å². The summed E-state index contributed by atoms with van der Waals surface area (Å²) in [5.74, 6) is -1.60. The normalized spacial score (nSPS) is 11.0. The quantitative estimate of drug-likeness (QED) is 0.628. The summed E-state index contributed by atoms with van der Waals surface area (Å²) in [7, 11) is 0. The van der Waals surface area contributed by atoms with E-state index >= 15 is 0 Å². The monoisotopic (exact) mass is 254 g/mol. The molecule has 0 radical (unpaired) electrons. The average molecular weight is 254 g/mol. The van der Waals surface area contributed by atoms with Gasteiger partial charge in [0.1, 0.15) is 11.6 Å². The van der Waals surface area contributed by atoms with Crippen LogP contribution < -0.4 is 15.8 Å². The second-order valence-electron chi connectivity index (χ2n) is 2.68. The molecule has 0 saturated heterocycles. The number of nitrogens with two attached hydrogens (primary N) is 1. The van der Waals surface area contributed by atoms with Crippen LogP contribution in [-0.4, -0.2) is 11.5 Å². The first-order valence-electron chi connectivity index (χ1n) is 3.90. The zero-order chi connectivity index (χ0) is 12.3. The Kier molecular flexibility index (Phi) is 3.53. The molecule has 0 aliphatic carbocycles. The van der Waals surface area contributed by atoms with Gasteiger partial charge in [0.15, 0.2) is 5.11 Å². The van der Waals surface area contributed by atoms with E-state index in [1.54, 1.807) is 0 Å². The van der Waals surface area contributed by atoms with Crippen LogP contribution in [0.3, 0.4) is 0 Å². The van der Waals surface area contributed by atoms with Crippen molar-refractivity contribution in [1.82, 2.24) is 0 Å². The van der Waals surface area contributed by atoms with Gasteiger partial charge in [0, 0.05) is 6.07 Å². The van der Waals surface area contributed by atoms with Gasteiger partial charge >= 0.3 is 6.36 Å².